The number of ether oxygens (including phenoxy) is 1. The monoisotopic (exact) mass is 242 g/mol. The molecule has 1 N–H and O–H groups in total. The summed E-state index contributed by atoms with van der Waals surface area (Å²) in [4.78, 5) is 22.9. The molecule has 0 heterocycles. The fourth-order valence-electron chi connectivity index (χ4n) is 1.32. The number of carbonyl (C=O) groups is 2. The Morgan fingerprint density at radius 2 is 2.06 bits per heavy atom. The van der Waals surface area contributed by atoms with Crippen LogP contribution in [0.4, 0.5) is 0 Å². The lowest BCUT2D eigenvalue weighted by molar-refractivity contribution is -0.141. The van der Waals surface area contributed by atoms with Crippen LogP contribution >= 0.6 is 0 Å². The first kappa shape index (κ1) is 15.4. The molecular weight excluding hydrogens is 224 g/mol. The molecule has 0 aromatic rings. The molecular formula is C11H18N2O4. The molecule has 0 aromatic heterocycles. The standard InChI is InChI=1S/C11H18N2O4/c1-10(14)17-9-8-13(7-3-5-12)6-2-4-11(15)16/h2-4,6-9H2,1H3,(H,15,16). The summed E-state index contributed by atoms with van der Waals surface area (Å²) >= 11 is 0. The Labute approximate surface area is 101 Å². The molecule has 6 heteroatoms. The van der Waals surface area contributed by atoms with Gasteiger partial charge in [-0.3, -0.25) is 14.5 Å². The Morgan fingerprint density at radius 1 is 1.35 bits per heavy atom. The van der Waals surface area contributed by atoms with Gasteiger partial charge in [0.25, 0.3) is 0 Å². The van der Waals surface area contributed by atoms with Crippen molar-refractivity contribution < 1.29 is 19.4 Å². The van der Waals surface area contributed by atoms with Crippen LogP contribution in [0.3, 0.4) is 0 Å². The molecule has 0 aliphatic carbocycles. The van der Waals surface area contributed by atoms with Gasteiger partial charge >= 0.3 is 11.9 Å². The lowest BCUT2D eigenvalue weighted by Crippen LogP contribution is -2.30. The summed E-state index contributed by atoms with van der Waals surface area (Å²) in [5.41, 5.74) is 0. The van der Waals surface area contributed by atoms with Crippen molar-refractivity contribution >= 4 is 11.9 Å². The van der Waals surface area contributed by atoms with Crippen molar-refractivity contribution in [2.45, 2.75) is 26.2 Å². The average molecular weight is 242 g/mol. The fourth-order valence-corrected chi connectivity index (χ4v) is 1.32. The van der Waals surface area contributed by atoms with Gasteiger partial charge < -0.3 is 9.84 Å². The lowest BCUT2D eigenvalue weighted by atomic mass is 10.3. The van der Waals surface area contributed by atoms with Crippen LogP contribution in [0.1, 0.15) is 26.2 Å². The average Bonchev–Trinajstić information content (AvgIpc) is 2.24. The van der Waals surface area contributed by atoms with E-state index in [2.05, 4.69) is 0 Å². The Kier molecular flexibility index (Phi) is 8.69. The van der Waals surface area contributed by atoms with Crippen LogP contribution < -0.4 is 0 Å². The number of nitrogens with zero attached hydrogens (tertiary/aromatic N) is 2. The normalized spacial score (nSPS) is 9.94. The molecule has 0 saturated heterocycles. The highest BCUT2D eigenvalue weighted by Crippen LogP contribution is 1.97. The second kappa shape index (κ2) is 9.60. The van der Waals surface area contributed by atoms with E-state index in [0.29, 0.717) is 32.5 Å². The number of hydrogen-bond acceptors (Lipinski definition) is 5. The minimum Gasteiger partial charge on any atom is -0.481 e. The zero-order chi connectivity index (χ0) is 13.1. The summed E-state index contributed by atoms with van der Waals surface area (Å²) in [6.45, 7) is 3.30. The fraction of sp³-hybridized carbons (Fsp3) is 0.727. The van der Waals surface area contributed by atoms with Gasteiger partial charge in [-0.05, 0) is 13.0 Å². The van der Waals surface area contributed by atoms with Gasteiger partial charge in [-0.1, -0.05) is 0 Å². The maximum absolute atomic E-state index is 10.6. The van der Waals surface area contributed by atoms with E-state index in [0.717, 1.165) is 0 Å². The van der Waals surface area contributed by atoms with E-state index < -0.39 is 5.97 Å². The minimum atomic E-state index is -0.829. The number of esters is 1. The quantitative estimate of drug-likeness (QED) is 0.596. The third-order valence-corrected chi connectivity index (χ3v) is 2.12. The van der Waals surface area contributed by atoms with Crippen LogP contribution in [-0.2, 0) is 14.3 Å². The molecule has 0 aromatic carbocycles. The molecule has 0 radical (unpaired) electrons. The van der Waals surface area contributed by atoms with E-state index in [1.165, 1.54) is 6.92 Å². The molecule has 0 spiro atoms. The van der Waals surface area contributed by atoms with Crippen LogP contribution in [0.15, 0.2) is 0 Å². The molecule has 0 amide bonds. The number of carboxylic acid groups (broad SMARTS) is 1. The highest BCUT2D eigenvalue weighted by Gasteiger charge is 2.06. The Balaban J connectivity index is 3.83. The van der Waals surface area contributed by atoms with Crippen molar-refractivity contribution in [1.29, 1.82) is 5.26 Å². The first-order valence-electron chi connectivity index (χ1n) is 5.50. The second-order valence-corrected chi connectivity index (χ2v) is 3.59. The summed E-state index contributed by atoms with van der Waals surface area (Å²) in [5.74, 6) is -1.17. The number of rotatable bonds is 9. The minimum absolute atomic E-state index is 0.108. The zero-order valence-corrected chi connectivity index (χ0v) is 10.0. The summed E-state index contributed by atoms with van der Waals surface area (Å²) < 4.78 is 4.80. The molecule has 0 rings (SSSR count). The first-order valence-corrected chi connectivity index (χ1v) is 5.50. The molecule has 17 heavy (non-hydrogen) atoms. The third-order valence-electron chi connectivity index (χ3n) is 2.12. The van der Waals surface area contributed by atoms with E-state index in [-0.39, 0.29) is 19.0 Å². The summed E-state index contributed by atoms with van der Waals surface area (Å²) in [5, 5.41) is 17.0. The topological polar surface area (TPSA) is 90.6 Å². The molecule has 0 atom stereocenters. The maximum Gasteiger partial charge on any atom is 0.303 e. The second-order valence-electron chi connectivity index (χ2n) is 3.59. The van der Waals surface area contributed by atoms with E-state index in [1.54, 1.807) is 0 Å². The van der Waals surface area contributed by atoms with Crippen molar-refractivity contribution in [3.05, 3.63) is 0 Å². The van der Waals surface area contributed by atoms with Crippen LogP contribution in [0.5, 0.6) is 0 Å². The van der Waals surface area contributed by atoms with Gasteiger partial charge in [-0.2, -0.15) is 5.26 Å². The van der Waals surface area contributed by atoms with Gasteiger partial charge in [0.2, 0.25) is 0 Å². The SMILES string of the molecule is CC(=O)OCCN(CCC#N)CCCC(=O)O. The molecule has 96 valence electrons. The zero-order valence-electron chi connectivity index (χ0n) is 10.0. The Morgan fingerprint density at radius 3 is 2.59 bits per heavy atom. The molecule has 6 nitrogen and oxygen atoms in total. The van der Waals surface area contributed by atoms with Crippen LogP contribution in [0.2, 0.25) is 0 Å². The van der Waals surface area contributed by atoms with Crippen molar-refractivity contribution in [1.82, 2.24) is 4.90 Å². The van der Waals surface area contributed by atoms with Gasteiger partial charge in [0.15, 0.2) is 0 Å². The van der Waals surface area contributed by atoms with Crippen LogP contribution in [0.25, 0.3) is 0 Å². The Hall–Kier alpha value is -1.61. The van der Waals surface area contributed by atoms with Crippen LogP contribution in [-0.4, -0.2) is 48.2 Å². The number of hydrogen-bond donors (Lipinski definition) is 1. The van der Waals surface area contributed by atoms with Crippen molar-refractivity contribution in [2.75, 3.05) is 26.2 Å². The number of carbonyl (C=O) groups excluding carboxylic acids is 1. The van der Waals surface area contributed by atoms with Gasteiger partial charge in [0.1, 0.15) is 6.61 Å². The lowest BCUT2D eigenvalue weighted by Gasteiger charge is -2.20. The van der Waals surface area contributed by atoms with E-state index >= 15 is 0 Å². The predicted octanol–water partition coefficient (Wildman–Crippen LogP) is 0.630. The third kappa shape index (κ3) is 10.7. The maximum atomic E-state index is 10.6. The molecule has 0 unspecified atom stereocenters. The van der Waals surface area contributed by atoms with Crippen molar-refractivity contribution in [3.63, 3.8) is 0 Å². The first-order chi connectivity index (χ1) is 8.06. The van der Waals surface area contributed by atoms with Gasteiger partial charge in [-0.25, -0.2) is 0 Å². The molecule has 0 aliphatic rings. The van der Waals surface area contributed by atoms with Crippen molar-refractivity contribution in [3.8, 4) is 6.07 Å². The predicted molar refractivity (Wildman–Crippen MR) is 60.2 cm³/mol. The van der Waals surface area contributed by atoms with Gasteiger partial charge in [-0.15, -0.1) is 0 Å². The number of aliphatic carboxylic acids is 1. The largest absolute Gasteiger partial charge is 0.481 e. The summed E-state index contributed by atoms with van der Waals surface area (Å²) in [7, 11) is 0. The molecule has 0 aliphatic heterocycles. The van der Waals surface area contributed by atoms with E-state index in [4.69, 9.17) is 15.1 Å². The van der Waals surface area contributed by atoms with E-state index in [1.807, 2.05) is 11.0 Å². The summed E-state index contributed by atoms with van der Waals surface area (Å²) in [6, 6.07) is 2.03. The molecule has 0 saturated carbocycles. The summed E-state index contributed by atoms with van der Waals surface area (Å²) in [6.07, 6.45) is 1.02. The van der Waals surface area contributed by atoms with Crippen molar-refractivity contribution in [2.24, 2.45) is 0 Å². The molecule has 0 fully saturated rings. The number of nitriles is 1. The number of carboxylic acids is 1. The highest BCUT2D eigenvalue weighted by molar-refractivity contribution is 5.66. The van der Waals surface area contributed by atoms with Gasteiger partial charge in [0, 0.05) is 32.9 Å². The smallest absolute Gasteiger partial charge is 0.303 e. The molecule has 0 bridgehead atoms. The van der Waals surface area contributed by atoms with Crippen LogP contribution in [0, 0.1) is 11.3 Å². The van der Waals surface area contributed by atoms with E-state index in [9.17, 15) is 9.59 Å². The highest BCUT2D eigenvalue weighted by atomic mass is 16.5. The van der Waals surface area contributed by atoms with Gasteiger partial charge in [0.05, 0.1) is 6.07 Å². The Bertz CT molecular complexity index is 266.